The van der Waals surface area contributed by atoms with Crippen LogP contribution in [0.2, 0.25) is 0 Å². The van der Waals surface area contributed by atoms with E-state index < -0.39 is 58.5 Å². The zero-order valence-electron chi connectivity index (χ0n) is 13.8. The Hall–Kier alpha value is -1.20. The minimum Gasteiger partial charge on any atom is -0.298 e. The van der Waals surface area contributed by atoms with Crippen molar-refractivity contribution in [3.8, 4) is 0 Å². The molecule has 2 atom stereocenters. The molecule has 126 valence electrons. The quantitative estimate of drug-likeness (QED) is 0.747. The average Bonchev–Trinajstić information content (AvgIpc) is 2.33. The molecule has 2 unspecified atom stereocenters. The highest BCUT2D eigenvalue weighted by Gasteiger charge is 2.59. The maximum absolute atomic E-state index is 12.6. The van der Waals surface area contributed by atoms with Gasteiger partial charge in [-0.25, -0.2) is 0 Å². The van der Waals surface area contributed by atoms with E-state index in [2.05, 4.69) is 0 Å². The topological polar surface area (TPSA) is 51.2 Å². The summed E-state index contributed by atoms with van der Waals surface area (Å²) in [4.78, 5) is 37.4. The van der Waals surface area contributed by atoms with Gasteiger partial charge in [-0.2, -0.15) is 13.2 Å². The molecule has 1 aliphatic carbocycles. The molecule has 1 saturated carbocycles. The van der Waals surface area contributed by atoms with E-state index >= 15 is 0 Å². The van der Waals surface area contributed by atoms with Gasteiger partial charge in [-0.15, -0.1) is 0 Å². The van der Waals surface area contributed by atoms with Crippen LogP contribution in [0.4, 0.5) is 13.2 Å². The van der Waals surface area contributed by atoms with Crippen molar-refractivity contribution in [2.45, 2.75) is 54.1 Å². The van der Waals surface area contributed by atoms with Crippen LogP contribution >= 0.6 is 0 Å². The molecule has 0 aromatic heterocycles. The summed E-state index contributed by atoms with van der Waals surface area (Å²) in [5, 5.41) is 0. The summed E-state index contributed by atoms with van der Waals surface area (Å²) in [5.74, 6) is -4.42. The van der Waals surface area contributed by atoms with Crippen LogP contribution in [-0.2, 0) is 14.4 Å². The van der Waals surface area contributed by atoms with E-state index in [0.717, 1.165) is 0 Å². The number of Topliss-reactive ketones (excluding diaryl/α,β-unsaturated/α-hetero) is 3. The van der Waals surface area contributed by atoms with Crippen molar-refractivity contribution in [1.82, 2.24) is 0 Å². The third kappa shape index (κ3) is 3.10. The van der Waals surface area contributed by atoms with Gasteiger partial charge in [-0.3, -0.25) is 14.4 Å². The number of hydrogen-bond donors (Lipinski definition) is 0. The van der Waals surface area contributed by atoms with Crippen molar-refractivity contribution in [2.75, 3.05) is 0 Å². The first-order valence-electron chi connectivity index (χ1n) is 7.34. The Labute approximate surface area is 128 Å². The summed E-state index contributed by atoms with van der Waals surface area (Å²) in [6, 6.07) is 0. The Bertz CT molecular complexity index is 473. The van der Waals surface area contributed by atoms with Gasteiger partial charge in [-0.05, 0) is 39.5 Å². The summed E-state index contributed by atoms with van der Waals surface area (Å²) < 4.78 is 37.7. The van der Waals surface area contributed by atoms with E-state index in [1.807, 2.05) is 0 Å². The maximum Gasteiger partial charge on any atom is 0.389 e. The predicted molar refractivity (Wildman–Crippen MR) is 75.1 cm³/mol. The van der Waals surface area contributed by atoms with Gasteiger partial charge in [-0.1, -0.05) is 13.8 Å². The number of carbonyl (C=O) groups excluding carboxylic acids is 3. The Kier molecular flexibility index (Phi) is 4.68. The Balaban J connectivity index is 3.19. The molecule has 1 fully saturated rings. The zero-order valence-corrected chi connectivity index (χ0v) is 13.8. The van der Waals surface area contributed by atoms with E-state index in [4.69, 9.17) is 0 Å². The van der Waals surface area contributed by atoms with Crippen LogP contribution < -0.4 is 0 Å². The highest BCUT2D eigenvalue weighted by atomic mass is 19.4. The molecule has 6 heteroatoms. The molecular weight excluding hydrogens is 297 g/mol. The van der Waals surface area contributed by atoms with Gasteiger partial charge in [0.25, 0.3) is 0 Å². The molecule has 0 radical (unpaired) electrons. The second kappa shape index (κ2) is 5.46. The van der Waals surface area contributed by atoms with Crippen molar-refractivity contribution < 1.29 is 27.6 Å². The lowest BCUT2D eigenvalue weighted by Crippen LogP contribution is -2.59. The summed E-state index contributed by atoms with van der Waals surface area (Å²) in [6.07, 6.45) is -5.41. The zero-order chi connectivity index (χ0) is 17.7. The third-order valence-corrected chi connectivity index (χ3v) is 4.91. The van der Waals surface area contributed by atoms with Gasteiger partial charge in [0.15, 0.2) is 17.3 Å². The van der Waals surface area contributed by atoms with E-state index in [9.17, 15) is 27.6 Å². The second-order valence-electron chi connectivity index (χ2n) is 7.44. The monoisotopic (exact) mass is 320 g/mol. The van der Waals surface area contributed by atoms with Crippen molar-refractivity contribution in [3.63, 3.8) is 0 Å². The van der Waals surface area contributed by atoms with Crippen molar-refractivity contribution in [2.24, 2.45) is 28.6 Å². The van der Waals surface area contributed by atoms with Gasteiger partial charge in [0.1, 0.15) is 0 Å². The molecule has 0 saturated heterocycles. The normalized spacial score (nSPS) is 25.2. The smallest absolute Gasteiger partial charge is 0.298 e. The SMILES string of the molecule is CC(CC(F)(F)F)C(C)C1C(=O)C(C)(C)C(=O)C(C)(C)C1=O. The molecule has 1 aliphatic rings. The van der Waals surface area contributed by atoms with Gasteiger partial charge in [0.2, 0.25) is 0 Å². The molecule has 3 nitrogen and oxygen atoms in total. The molecule has 0 amide bonds. The molecule has 22 heavy (non-hydrogen) atoms. The molecule has 0 aromatic carbocycles. The van der Waals surface area contributed by atoms with E-state index in [0.29, 0.717) is 0 Å². The fourth-order valence-corrected chi connectivity index (χ4v) is 3.26. The number of halogens is 3. The predicted octanol–water partition coefficient (Wildman–Crippen LogP) is 3.60. The van der Waals surface area contributed by atoms with Gasteiger partial charge >= 0.3 is 6.18 Å². The van der Waals surface area contributed by atoms with Crippen molar-refractivity contribution in [1.29, 1.82) is 0 Å². The highest BCUT2D eigenvalue weighted by molar-refractivity contribution is 6.28. The Morgan fingerprint density at radius 2 is 1.32 bits per heavy atom. The summed E-state index contributed by atoms with van der Waals surface area (Å²) in [6.45, 7) is 8.65. The van der Waals surface area contributed by atoms with Crippen LogP contribution in [0, 0.1) is 28.6 Å². The second-order valence-corrected chi connectivity index (χ2v) is 7.44. The molecule has 0 aromatic rings. The molecule has 0 heterocycles. The molecular formula is C16H23F3O3. The van der Waals surface area contributed by atoms with Gasteiger partial charge in [0, 0.05) is 6.42 Å². The lowest BCUT2D eigenvalue weighted by molar-refractivity contribution is -0.166. The molecule has 0 aliphatic heterocycles. The van der Waals surface area contributed by atoms with Crippen LogP contribution in [-0.4, -0.2) is 23.5 Å². The molecule has 0 bridgehead atoms. The summed E-state index contributed by atoms with van der Waals surface area (Å²) in [7, 11) is 0. The molecule has 0 spiro atoms. The summed E-state index contributed by atoms with van der Waals surface area (Å²) >= 11 is 0. The van der Waals surface area contributed by atoms with Crippen molar-refractivity contribution >= 4 is 17.3 Å². The fraction of sp³-hybridized carbons (Fsp3) is 0.812. The fourth-order valence-electron chi connectivity index (χ4n) is 3.26. The van der Waals surface area contributed by atoms with Crippen LogP contribution in [0.25, 0.3) is 0 Å². The van der Waals surface area contributed by atoms with E-state index in [-0.39, 0.29) is 0 Å². The lowest BCUT2D eigenvalue weighted by Gasteiger charge is -2.43. The number of hydrogen-bond acceptors (Lipinski definition) is 3. The van der Waals surface area contributed by atoms with Crippen molar-refractivity contribution in [3.05, 3.63) is 0 Å². The lowest BCUT2D eigenvalue weighted by atomic mass is 9.55. The molecule has 1 rings (SSSR count). The first-order valence-corrected chi connectivity index (χ1v) is 7.34. The maximum atomic E-state index is 12.6. The third-order valence-electron chi connectivity index (χ3n) is 4.91. The highest BCUT2D eigenvalue weighted by Crippen LogP contribution is 2.45. The summed E-state index contributed by atoms with van der Waals surface area (Å²) in [5.41, 5.74) is -2.71. The number of ketones is 3. The van der Waals surface area contributed by atoms with E-state index in [1.165, 1.54) is 41.5 Å². The average molecular weight is 320 g/mol. The minimum atomic E-state index is -4.35. The van der Waals surface area contributed by atoms with Gasteiger partial charge < -0.3 is 0 Å². The standard InChI is InChI=1S/C16H23F3O3/c1-8(7-16(17,18)19)9(2)10-11(20)14(3,4)13(22)15(5,6)12(10)21/h8-10H,7H2,1-6H3. The van der Waals surface area contributed by atoms with E-state index in [1.54, 1.807) is 0 Å². The largest absolute Gasteiger partial charge is 0.389 e. The van der Waals surface area contributed by atoms with Crippen LogP contribution in [0.15, 0.2) is 0 Å². The molecule has 0 N–H and O–H groups in total. The number of alkyl halides is 3. The number of rotatable bonds is 3. The van der Waals surface area contributed by atoms with Crippen LogP contribution in [0.5, 0.6) is 0 Å². The number of carbonyl (C=O) groups is 3. The van der Waals surface area contributed by atoms with Gasteiger partial charge in [0.05, 0.1) is 16.7 Å². The Morgan fingerprint density at radius 1 is 0.955 bits per heavy atom. The Morgan fingerprint density at radius 3 is 1.64 bits per heavy atom. The van der Waals surface area contributed by atoms with Crippen LogP contribution in [0.3, 0.4) is 0 Å². The first kappa shape index (κ1) is 18.8. The van der Waals surface area contributed by atoms with Crippen LogP contribution in [0.1, 0.15) is 48.0 Å². The first-order chi connectivity index (χ1) is 9.64. The minimum absolute atomic E-state index is 0.470.